The van der Waals surface area contributed by atoms with E-state index in [1.165, 1.54) is 11.8 Å². The molecule has 1 aromatic heterocycles. The van der Waals surface area contributed by atoms with Crippen molar-refractivity contribution in [3.63, 3.8) is 0 Å². The largest absolute Gasteiger partial charge is 0.454 e. The number of ether oxygens (including phenoxy) is 1. The molecule has 0 spiro atoms. The van der Waals surface area contributed by atoms with E-state index in [-0.39, 0.29) is 30.2 Å². The molecule has 2 heterocycles. The number of anilines is 4. The number of hydrogen-bond acceptors (Lipinski definition) is 9. The minimum atomic E-state index is -0.561. The summed E-state index contributed by atoms with van der Waals surface area (Å²) in [4.78, 5) is 37.2. The van der Waals surface area contributed by atoms with E-state index in [2.05, 4.69) is 25.6 Å². The van der Waals surface area contributed by atoms with Crippen LogP contribution in [-0.4, -0.2) is 32.6 Å². The number of nitrogen functional groups attached to an aromatic ring is 1. The zero-order valence-electron chi connectivity index (χ0n) is 16.0. The molecule has 0 unspecified atom stereocenters. The zero-order valence-corrected chi connectivity index (χ0v) is 16.8. The maximum absolute atomic E-state index is 12.4. The summed E-state index contributed by atoms with van der Waals surface area (Å²) in [6, 6.07) is 12.7. The molecule has 4 N–H and O–H groups in total. The van der Waals surface area contributed by atoms with Crippen LogP contribution in [0.3, 0.4) is 0 Å². The number of fused-ring (bicyclic) bond motifs is 1. The number of esters is 1. The Hall–Kier alpha value is -3.66. The van der Waals surface area contributed by atoms with Crippen LogP contribution in [0, 0.1) is 6.92 Å². The predicted molar refractivity (Wildman–Crippen MR) is 114 cm³/mol. The van der Waals surface area contributed by atoms with Gasteiger partial charge in [0.1, 0.15) is 0 Å². The van der Waals surface area contributed by atoms with Gasteiger partial charge < -0.3 is 21.1 Å². The van der Waals surface area contributed by atoms with Gasteiger partial charge in [0.2, 0.25) is 17.8 Å². The van der Waals surface area contributed by atoms with E-state index in [0.717, 1.165) is 16.1 Å². The second-order valence-corrected chi connectivity index (χ2v) is 7.57. The molecule has 1 amide bonds. The first-order valence-corrected chi connectivity index (χ1v) is 10.0. The van der Waals surface area contributed by atoms with Crippen LogP contribution in [0.5, 0.6) is 0 Å². The van der Waals surface area contributed by atoms with E-state index < -0.39 is 5.97 Å². The summed E-state index contributed by atoms with van der Waals surface area (Å²) >= 11 is 1.42. The van der Waals surface area contributed by atoms with Gasteiger partial charge in [0.15, 0.2) is 12.4 Å². The highest BCUT2D eigenvalue weighted by molar-refractivity contribution is 8.00. The third-order valence-corrected chi connectivity index (χ3v) is 5.26. The number of aromatic nitrogens is 3. The number of carbonyl (C=O) groups excluding carboxylic acids is 2. The minimum Gasteiger partial charge on any atom is -0.454 e. The number of rotatable bonds is 5. The SMILES string of the molecule is Cc1ccc(Nc2nc(N)nc(COC(=O)c3ccc4c(c3)NC(=O)CS4)n2)cc1. The molecule has 30 heavy (non-hydrogen) atoms. The second-order valence-electron chi connectivity index (χ2n) is 6.55. The van der Waals surface area contributed by atoms with Crippen molar-refractivity contribution in [3.8, 4) is 0 Å². The quantitative estimate of drug-likeness (QED) is 0.531. The highest BCUT2D eigenvalue weighted by Gasteiger charge is 2.18. The molecule has 4 rings (SSSR count). The smallest absolute Gasteiger partial charge is 0.338 e. The lowest BCUT2D eigenvalue weighted by Gasteiger charge is -2.16. The third kappa shape index (κ3) is 4.66. The van der Waals surface area contributed by atoms with E-state index in [1.54, 1.807) is 18.2 Å². The molecule has 1 aliphatic heterocycles. The number of nitrogens with one attached hydrogen (secondary N) is 2. The van der Waals surface area contributed by atoms with Crippen molar-refractivity contribution in [2.24, 2.45) is 0 Å². The van der Waals surface area contributed by atoms with E-state index in [4.69, 9.17) is 10.5 Å². The minimum absolute atomic E-state index is 0.0131. The summed E-state index contributed by atoms with van der Waals surface area (Å²) in [7, 11) is 0. The van der Waals surface area contributed by atoms with Crippen LogP contribution in [0.2, 0.25) is 0 Å². The molecule has 1 aliphatic rings. The Morgan fingerprint density at radius 1 is 1.20 bits per heavy atom. The molecule has 0 atom stereocenters. The number of nitrogens with two attached hydrogens (primary N) is 1. The molecule has 0 fully saturated rings. The standard InChI is InChI=1S/C20H18N6O3S/c1-11-2-5-13(6-3-11)22-20-25-16(24-19(21)26-20)9-29-18(28)12-4-7-15-14(8-12)23-17(27)10-30-15/h2-8H,9-10H2,1H3,(H,23,27)(H3,21,22,24,25,26). The summed E-state index contributed by atoms with van der Waals surface area (Å²) in [5.41, 5.74) is 8.59. The van der Waals surface area contributed by atoms with E-state index in [9.17, 15) is 9.59 Å². The van der Waals surface area contributed by atoms with Gasteiger partial charge >= 0.3 is 5.97 Å². The maximum atomic E-state index is 12.4. The topological polar surface area (TPSA) is 132 Å². The number of carbonyl (C=O) groups is 2. The molecule has 9 nitrogen and oxygen atoms in total. The Labute approximate surface area is 176 Å². The van der Waals surface area contributed by atoms with Crippen molar-refractivity contribution >= 4 is 46.9 Å². The molecule has 0 aliphatic carbocycles. The normalized spacial score (nSPS) is 12.6. The lowest BCUT2D eigenvalue weighted by atomic mass is 10.2. The number of benzene rings is 2. The Morgan fingerprint density at radius 3 is 2.80 bits per heavy atom. The van der Waals surface area contributed by atoms with Crippen LogP contribution >= 0.6 is 11.8 Å². The molecule has 152 valence electrons. The first-order chi connectivity index (χ1) is 14.5. The summed E-state index contributed by atoms with van der Waals surface area (Å²) in [6.45, 7) is 1.82. The highest BCUT2D eigenvalue weighted by Crippen LogP contribution is 2.32. The molecule has 0 radical (unpaired) electrons. The number of nitrogens with zero attached hydrogens (tertiary/aromatic N) is 3. The second kappa shape index (κ2) is 8.37. The van der Waals surface area contributed by atoms with Gasteiger partial charge in [0.25, 0.3) is 0 Å². The molecule has 2 aromatic carbocycles. The van der Waals surface area contributed by atoms with Crippen molar-refractivity contribution in [3.05, 3.63) is 59.4 Å². The lowest BCUT2D eigenvalue weighted by molar-refractivity contribution is -0.113. The average Bonchev–Trinajstić information content (AvgIpc) is 2.73. The predicted octanol–water partition coefficient (Wildman–Crippen LogP) is 2.91. The van der Waals surface area contributed by atoms with Gasteiger partial charge in [0, 0.05) is 10.6 Å². The van der Waals surface area contributed by atoms with Gasteiger partial charge in [-0.25, -0.2) is 4.79 Å². The summed E-state index contributed by atoms with van der Waals surface area (Å²) < 4.78 is 5.31. The van der Waals surface area contributed by atoms with Crippen molar-refractivity contribution < 1.29 is 14.3 Å². The van der Waals surface area contributed by atoms with Gasteiger partial charge in [-0.15, -0.1) is 11.8 Å². The number of aryl methyl sites for hydroxylation is 1. The average molecular weight is 422 g/mol. The van der Waals surface area contributed by atoms with E-state index in [1.807, 2.05) is 31.2 Å². The maximum Gasteiger partial charge on any atom is 0.338 e. The van der Waals surface area contributed by atoms with E-state index in [0.29, 0.717) is 17.0 Å². The van der Waals surface area contributed by atoms with Crippen molar-refractivity contribution in [1.29, 1.82) is 0 Å². The van der Waals surface area contributed by atoms with Crippen LogP contribution in [-0.2, 0) is 16.1 Å². The zero-order chi connectivity index (χ0) is 21.1. The molecular weight excluding hydrogens is 404 g/mol. The Kier molecular flexibility index (Phi) is 5.48. The Balaban J connectivity index is 1.44. The van der Waals surface area contributed by atoms with Gasteiger partial charge in [0.05, 0.1) is 17.0 Å². The molecule has 10 heteroatoms. The number of hydrogen-bond donors (Lipinski definition) is 3. The van der Waals surface area contributed by atoms with Gasteiger partial charge in [-0.2, -0.15) is 15.0 Å². The fourth-order valence-corrected chi connectivity index (χ4v) is 3.54. The van der Waals surface area contributed by atoms with Crippen LogP contribution in [0.4, 0.5) is 23.3 Å². The highest BCUT2D eigenvalue weighted by atomic mass is 32.2. The molecular formula is C20H18N6O3S. The van der Waals surface area contributed by atoms with Crippen molar-refractivity contribution in [2.75, 3.05) is 22.1 Å². The van der Waals surface area contributed by atoms with Crippen LogP contribution in [0.25, 0.3) is 0 Å². The van der Waals surface area contributed by atoms with Crippen LogP contribution in [0.15, 0.2) is 47.4 Å². The van der Waals surface area contributed by atoms with E-state index >= 15 is 0 Å². The third-order valence-electron chi connectivity index (χ3n) is 4.19. The number of thioether (sulfide) groups is 1. The van der Waals surface area contributed by atoms with Crippen LogP contribution < -0.4 is 16.4 Å². The fraction of sp³-hybridized carbons (Fsp3) is 0.150. The monoisotopic (exact) mass is 422 g/mol. The lowest BCUT2D eigenvalue weighted by Crippen LogP contribution is -2.19. The Morgan fingerprint density at radius 2 is 2.00 bits per heavy atom. The molecule has 0 bridgehead atoms. The molecule has 3 aromatic rings. The molecule has 0 saturated heterocycles. The van der Waals surface area contributed by atoms with Gasteiger partial charge in [-0.1, -0.05) is 17.7 Å². The summed E-state index contributed by atoms with van der Waals surface area (Å²) in [5, 5.41) is 5.79. The number of amides is 1. The first-order valence-electron chi connectivity index (χ1n) is 9.04. The Bertz CT molecular complexity index is 1120. The fourth-order valence-electron chi connectivity index (χ4n) is 2.75. The summed E-state index contributed by atoms with van der Waals surface area (Å²) in [5.74, 6) is 0.177. The van der Waals surface area contributed by atoms with Gasteiger partial charge in [-0.3, -0.25) is 4.79 Å². The van der Waals surface area contributed by atoms with Crippen molar-refractivity contribution in [2.45, 2.75) is 18.4 Å². The molecule has 0 saturated carbocycles. The van der Waals surface area contributed by atoms with Gasteiger partial charge in [-0.05, 0) is 37.3 Å². The van der Waals surface area contributed by atoms with Crippen LogP contribution in [0.1, 0.15) is 21.7 Å². The first kappa shape index (κ1) is 19.6. The summed E-state index contributed by atoms with van der Waals surface area (Å²) in [6.07, 6.45) is 0. The van der Waals surface area contributed by atoms with Crippen molar-refractivity contribution in [1.82, 2.24) is 15.0 Å².